The van der Waals surface area contributed by atoms with Crippen LogP contribution in [-0.2, 0) is 0 Å². The Balaban J connectivity index is 2.93. The van der Waals surface area contributed by atoms with Gasteiger partial charge in [-0.25, -0.2) is 4.98 Å². The van der Waals surface area contributed by atoms with Gasteiger partial charge < -0.3 is 0 Å². The summed E-state index contributed by atoms with van der Waals surface area (Å²) in [5, 5.41) is 1.64. The van der Waals surface area contributed by atoms with Crippen molar-refractivity contribution in [2.45, 2.75) is 0 Å². The zero-order valence-electron chi connectivity index (χ0n) is 6.10. The normalized spacial score (nSPS) is 10.9. The Morgan fingerprint density at radius 3 is 2.42 bits per heavy atom. The molecule has 64 valence electrons. The van der Waals surface area contributed by atoms with Crippen LogP contribution in [0.25, 0.3) is 6.08 Å². The predicted molar refractivity (Wildman–Crippen MR) is 57.1 cm³/mol. The molecule has 1 nitrogen and oxygen atoms in total. The first-order chi connectivity index (χ1) is 5.72. The fourth-order valence-electron chi connectivity index (χ4n) is 0.760. The third-order valence-electron chi connectivity index (χ3n) is 1.18. The molecule has 0 unspecified atom stereocenters. The van der Waals surface area contributed by atoms with Crippen LogP contribution in [0.4, 0.5) is 0 Å². The van der Waals surface area contributed by atoms with Crippen molar-refractivity contribution in [1.82, 2.24) is 4.98 Å². The van der Waals surface area contributed by atoms with Crippen molar-refractivity contribution in [3.63, 3.8) is 0 Å². The summed E-state index contributed by atoms with van der Waals surface area (Å²) in [4.78, 5) is 3.83. The van der Waals surface area contributed by atoms with E-state index in [1.165, 1.54) is 0 Å². The number of aromatic nitrogens is 1. The van der Waals surface area contributed by atoms with Crippen LogP contribution in [0.15, 0.2) is 18.2 Å². The minimum absolute atomic E-state index is 0.414. The van der Waals surface area contributed by atoms with E-state index in [9.17, 15) is 0 Å². The molecule has 0 aromatic carbocycles. The van der Waals surface area contributed by atoms with Gasteiger partial charge in [-0.2, -0.15) is 0 Å². The summed E-state index contributed by atoms with van der Waals surface area (Å²) in [5.41, 5.74) is 0.958. The van der Waals surface area contributed by atoms with Gasteiger partial charge in [0.15, 0.2) is 0 Å². The molecule has 0 amide bonds. The van der Waals surface area contributed by atoms with Gasteiger partial charge in [0.05, 0.1) is 0 Å². The molecule has 1 heterocycles. The first-order valence-electron chi connectivity index (χ1n) is 3.28. The number of hydrogen-bond donors (Lipinski definition) is 0. The Hall–Kier alpha value is -0.0500. The third-order valence-corrected chi connectivity index (χ3v) is 1.95. The lowest BCUT2D eigenvalue weighted by atomic mass is 10.2. The molecule has 1 rings (SSSR count). The summed E-state index contributed by atoms with van der Waals surface area (Å²) in [6.07, 6.45) is 3.89. The standard InChI is InChI=1S/C8H6BrCl2N/c9-3-1-2-6-4-7(10)12-8(11)5-6/h1-2,4-5H,3H2. The van der Waals surface area contributed by atoms with E-state index in [0.717, 1.165) is 10.9 Å². The number of rotatable bonds is 2. The van der Waals surface area contributed by atoms with Crippen molar-refractivity contribution in [2.24, 2.45) is 0 Å². The summed E-state index contributed by atoms with van der Waals surface area (Å²) in [7, 11) is 0. The smallest absolute Gasteiger partial charge is 0.131 e. The minimum atomic E-state index is 0.414. The topological polar surface area (TPSA) is 12.9 Å². The molecule has 0 N–H and O–H groups in total. The van der Waals surface area contributed by atoms with E-state index < -0.39 is 0 Å². The molecule has 0 radical (unpaired) electrons. The molecule has 0 aliphatic carbocycles. The van der Waals surface area contributed by atoms with Gasteiger partial charge in [0.25, 0.3) is 0 Å². The van der Waals surface area contributed by atoms with Crippen LogP contribution >= 0.6 is 39.1 Å². The van der Waals surface area contributed by atoms with Crippen molar-refractivity contribution in [3.05, 3.63) is 34.1 Å². The number of halogens is 3. The zero-order valence-corrected chi connectivity index (χ0v) is 9.20. The average Bonchev–Trinajstić information content (AvgIpc) is 1.99. The fraction of sp³-hybridized carbons (Fsp3) is 0.125. The summed E-state index contributed by atoms with van der Waals surface area (Å²) < 4.78 is 0. The molecule has 1 aromatic rings. The van der Waals surface area contributed by atoms with Crippen molar-refractivity contribution in [3.8, 4) is 0 Å². The Kier molecular flexibility index (Phi) is 4.06. The molecule has 0 fully saturated rings. The Morgan fingerprint density at radius 1 is 1.33 bits per heavy atom. The summed E-state index contributed by atoms with van der Waals surface area (Å²) in [5.74, 6) is 0. The number of nitrogens with zero attached hydrogens (tertiary/aromatic N) is 1. The zero-order chi connectivity index (χ0) is 8.97. The second kappa shape index (κ2) is 4.85. The maximum absolute atomic E-state index is 5.69. The SMILES string of the molecule is Clc1cc(C=CCBr)cc(Cl)n1. The molecule has 0 atom stereocenters. The molecule has 4 heteroatoms. The number of allylic oxidation sites excluding steroid dienone is 1. The molecular formula is C8H6BrCl2N. The van der Waals surface area contributed by atoms with Gasteiger partial charge in [0, 0.05) is 5.33 Å². The van der Waals surface area contributed by atoms with E-state index in [0.29, 0.717) is 10.3 Å². The highest BCUT2D eigenvalue weighted by molar-refractivity contribution is 9.09. The van der Waals surface area contributed by atoms with Crippen LogP contribution in [0.1, 0.15) is 5.56 Å². The van der Waals surface area contributed by atoms with Gasteiger partial charge >= 0.3 is 0 Å². The van der Waals surface area contributed by atoms with Gasteiger partial charge in [-0.1, -0.05) is 51.3 Å². The maximum atomic E-state index is 5.69. The summed E-state index contributed by atoms with van der Waals surface area (Å²) >= 11 is 14.7. The summed E-state index contributed by atoms with van der Waals surface area (Å²) in [6.45, 7) is 0. The molecule has 0 bridgehead atoms. The molecule has 0 aliphatic heterocycles. The van der Waals surface area contributed by atoms with Crippen LogP contribution in [0, 0.1) is 0 Å². The first kappa shape index (κ1) is 10.0. The molecule has 0 aliphatic rings. The third kappa shape index (κ3) is 3.13. The van der Waals surface area contributed by atoms with Gasteiger partial charge in [-0.05, 0) is 17.7 Å². The van der Waals surface area contributed by atoms with Crippen molar-refractivity contribution < 1.29 is 0 Å². The predicted octanol–water partition coefficient (Wildman–Crippen LogP) is 3.80. The van der Waals surface area contributed by atoms with Crippen LogP contribution in [0.5, 0.6) is 0 Å². The maximum Gasteiger partial charge on any atom is 0.131 e. The number of pyridine rings is 1. The lowest BCUT2D eigenvalue weighted by Crippen LogP contribution is -1.79. The Bertz CT molecular complexity index is 279. The summed E-state index contributed by atoms with van der Waals surface area (Å²) in [6, 6.07) is 3.51. The van der Waals surface area contributed by atoms with Crippen LogP contribution in [-0.4, -0.2) is 10.3 Å². The first-order valence-corrected chi connectivity index (χ1v) is 5.15. The van der Waals surface area contributed by atoms with E-state index in [1.807, 2.05) is 12.2 Å². The average molecular weight is 267 g/mol. The van der Waals surface area contributed by atoms with Crippen LogP contribution < -0.4 is 0 Å². The van der Waals surface area contributed by atoms with Crippen LogP contribution in [0.3, 0.4) is 0 Å². The van der Waals surface area contributed by atoms with Gasteiger partial charge in [0.1, 0.15) is 10.3 Å². The highest BCUT2D eigenvalue weighted by Gasteiger charge is 1.95. The van der Waals surface area contributed by atoms with Gasteiger partial charge in [0.2, 0.25) is 0 Å². The van der Waals surface area contributed by atoms with E-state index in [-0.39, 0.29) is 0 Å². The van der Waals surface area contributed by atoms with E-state index >= 15 is 0 Å². The molecular weight excluding hydrogens is 261 g/mol. The lowest BCUT2D eigenvalue weighted by Gasteiger charge is -1.95. The highest BCUT2D eigenvalue weighted by Crippen LogP contribution is 2.15. The molecule has 0 spiro atoms. The number of alkyl halides is 1. The van der Waals surface area contributed by atoms with Crippen LogP contribution in [0.2, 0.25) is 10.3 Å². The monoisotopic (exact) mass is 265 g/mol. The largest absolute Gasteiger partial charge is 0.224 e. The second-order valence-electron chi connectivity index (χ2n) is 2.10. The fourth-order valence-corrected chi connectivity index (χ4v) is 1.42. The minimum Gasteiger partial charge on any atom is -0.224 e. The molecule has 1 aromatic heterocycles. The van der Waals surface area contributed by atoms with E-state index in [1.54, 1.807) is 12.1 Å². The second-order valence-corrected chi connectivity index (χ2v) is 3.52. The van der Waals surface area contributed by atoms with Gasteiger partial charge in [-0.3, -0.25) is 0 Å². The molecule has 12 heavy (non-hydrogen) atoms. The van der Waals surface area contributed by atoms with Crippen molar-refractivity contribution >= 4 is 45.2 Å². The number of hydrogen-bond acceptors (Lipinski definition) is 1. The quantitative estimate of drug-likeness (QED) is 0.586. The van der Waals surface area contributed by atoms with E-state index in [2.05, 4.69) is 20.9 Å². The highest BCUT2D eigenvalue weighted by atomic mass is 79.9. The Labute approximate surface area is 89.5 Å². The molecule has 0 saturated carbocycles. The Morgan fingerprint density at radius 2 is 1.92 bits per heavy atom. The molecule has 0 saturated heterocycles. The lowest BCUT2D eigenvalue weighted by molar-refractivity contribution is 1.32. The van der Waals surface area contributed by atoms with Crippen molar-refractivity contribution in [2.75, 3.05) is 5.33 Å². The van der Waals surface area contributed by atoms with E-state index in [4.69, 9.17) is 23.2 Å². The van der Waals surface area contributed by atoms with Crippen molar-refractivity contribution in [1.29, 1.82) is 0 Å². The van der Waals surface area contributed by atoms with Gasteiger partial charge in [-0.15, -0.1) is 0 Å².